The van der Waals surface area contributed by atoms with Crippen molar-refractivity contribution in [1.82, 2.24) is 15.4 Å². The van der Waals surface area contributed by atoms with Gasteiger partial charge in [-0.05, 0) is 30.3 Å². The fraction of sp³-hybridized carbons (Fsp3) is 0. The van der Waals surface area contributed by atoms with Gasteiger partial charge in [0.2, 0.25) is 0 Å². The van der Waals surface area contributed by atoms with Crippen LogP contribution in [0.4, 0.5) is 5.69 Å². The molecule has 0 aliphatic rings. The number of carbonyl (C=O) groups is 1. The molecule has 4 aromatic rings. The predicted molar refractivity (Wildman–Crippen MR) is 115 cm³/mol. The number of pyridine rings is 2. The number of aromatic hydroxyl groups is 1. The lowest BCUT2D eigenvalue weighted by molar-refractivity contribution is -0.384. The summed E-state index contributed by atoms with van der Waals surface area (Å²) in [5.41, 5.74) is 4.71. The van der Waals surface area contributed by atoms with Crippen molar-refractivity contribution < 1.29 is 14.8 Å². The number of nitrogens with one attached hydrogen (secondary N) is 1. The Kier molecular flexibility index (Phi) is 5.31. The van der Waals surface area contributed by atoms with Crippen molar-refractivity contribution in [3.63, 3.8) is 0 Å². The topological polar surface area (TPSA) is 131 Å². The van der Waals surface area contributed by atoms with Crippen molar-refractivity contribution in [3.05, 3.63) is 94.3 Å². The molecule has 2 N–H and O–H groups in total. The first-order valence-electron chi connectivity index (χ1n) is 9.14. The number of phenolic OH excluding ortho intramolecular Hbond substituents is 1. The Hall–Kier alpha value is -4.66. The van der Waals surface area contributed by atoms with Gasteiger partial charge in [0, 0.05) is 41.0 Å². The van der Waals surface area contributed by atoms with E-state index in [2.05, 4.69) is 20.5 Å². The summed E-state index contributed by atoms with van der Waals surface area (Å²) in [7, 11) is 0. The molecule has 1 amide bonds. The molecule has 0 unspecified atom stereocenters. The quantitative estimate of drug-likeness (QED) is 0.292. The van der Waals surface area contributed by atoms with Gasteiger partial charge in [0.05, 0.1) is 27.9 Å². The third kappa shape index (κ3) is 4.20. The number of fused-ring (bicyclic) bond motifs is 1. The number of hydrogen-bond donors (Lipinski definition) is 2. The van der Waals surface area contributed by atoms with Gasteiger partial charge >= 0.3 is 0 Å². The van der Waals surface area contributed by atoms with Crippen LogP contribution in [0.25, 0.3) is 22.2 Å². The van der Waals surface area contributed by atoms with Gasteiger partial charge in [-0.2, -0.15) is 5.10 Å². The second kappa shape index (κ2) is 8.37. The molecule has 4 rings (SSSR count). The van der Waals surface area contributed by atoms with Gasteiger partial charge in [0.15, 0.2) is 0 Å². The van der Waals surface area contributed by atoms with Crippen LogP contribution in [0.1, 0.15) is 15.9 Å². The normalized spacial score (nSPS) is 11.0. The first kappa shape index (κ1) is 19.6. The standard InChI is InChI=1S/C22H15N5O4/c28-21-6-5-16(27(30)31)11-15(21)13-24-26-22(29)18-12-20(14-7-9-23-10-8-14)25-19-4-2-1-3-17(18)19/h1-13,28H,(H,26,29)/b24-13-. The molecule has 0 spiro atoms. The number of para-hydroxylation sites is 1. The summed E-state index contributed by atoms with van der Waals surface area (Å²) in [6.45, 7) is 0. The second-order valence-corrected chi connectivity index (χ2v) is 6.51. The maximum absolute atomic E-state index is 12.9. The lowest BCUT2D eigenvalue weighted by Gasteiger charge is -2.09. The van der Waals surface area contributed by atoms with Crippen LogP contribution >= 0.6 is 0 Å². The summed E-state index contributed by atoms with van der Waals surface area (Å²) in [4.78, 5) is 31.8. The van der Waals surface area contributed by atoms with Gasteiger partial charge in [-0.3, -0.25) is 19.9 Å². The maximum atomic E-state index is 12.9. The number of hydrazone groups is 1. The number of carbonyl (C=O) groups excluding carboxylic acids is 1. The average molecular weight is 413 g/mol. The summed E-state index contributed by atoms with van der Waals surface area (Å²) in [5.74, 6) is -0.687. The SMILES string of the molecule is O=C(N/N=C\c1cc([N+](=O)[O-])ccc1O)c1cc(-c2ccncc2)nc2ccccc12. The predicted octanol–water partition coefficient (Wildman–Crippen LogP) is 3.67. The van der Waals surface area contributed by atoms with Crippen LogP contribution in [0.5, 0.6) is 5.75 Å². The Balaban J connectivity index is 1.66. The van der Waals surface area contributed by atoms with Crippen LogP contribution in [0, 0.1) is 10.1 Å². The first-order valence-corrected chi connectivity index (χ1v) is 9.14. The fourth-order valence-corrected chi connectivity index (χ4v) is 3.01. The Morgan fingerprint density at radius 2 is 1.87 bits per heavy atom. The molecule has 0 aliphatic carbocycles. The number of rotatable bonds is 5. The highest BCUT2D eigenvalue weighted by atomic mass is 16.6. The van der Waals surface area contributed by atoms with E-state index in [9.17, 15) is 20.0 Å². The number of nitro groups is 1. The average Bonchev–Trinajstić information content (AvgIpc) is 2.79. The van der Waals surface area contributed by atoms with Crippen LogP contribution < -0.4 is 5.43 Å². The van der Waals surface area contributed by atoms with E-state index >= 15 is 0 Å². The lowest BCUT2D eigenvalue weighted by Crippen LogP contribution is -2.18. The molecule has 0 atom stereocenters. The summed E-state index contributed by atoms with van der Waals surface area (Å²) >= 11 is 0. The number of amides is 1. The van der Waals surface area contributed by atoms with E-state index in [0.717, 1.165) is 17.8 Å². The molecule has 2 aromatic heterocycles. The molecule has 9 heteroatoms. The van der Waals surface area contributed by atoms with E-state index < -0.39 is 10.8 Å². The minimum absolute atomic E-state index is 0.103. The van der Waals surface area contributed by atoms with Gasteiger partial charge in [-0.25, -0.2) is 10.4 Å². The van der Waals surface area contributed by atoms with Crippen molar-refractivity contribution in [2.45, 2.75) is 0 Å². The molecule has 2 heterocycles. The molecule has 0 aliphatic heterocycles. The highest BCUT2D eigenvalue weighted by Gasteiger charge is 2.14. The largest absolute Gasteiger partial charge is 0.507 e. The molecule has 152 valence electrons. The Morgan fingerprint density at radius 1 is 1.10 bits per heavy atom. The van der Waals surface area contributed by atoms with E-state index in [1.54, 1.807) is 48.8 Å². The number of nitrogens with zero attached hydrogens (tertiary/aromatic N) is 4. The smallest absolute Gasteiger partial charge is 0.272 e. The maximum Gasteiger partial charge on any atom is 0.272 e. The number of benzene rings is 2. The highest BCUT2D eigenvalue weighted by Crippen LogP contribution is 2.25. The molecule has 9 nitrogen and oxygen atoms in total. The third-order valence-electron chi connectivity index (χ3n) is 4.53. The summed E-state index contributed by atoms with van der Waals surface area (Å²) in [5, 5.41) is 25.3. The molecule has 0 saturated heterocycles. The zero-order valence-electron chi connectivity index (χ0n) is 16.0. The molecule has 2 aromatic carbocycles. The zero-order valence-corrected chi connectivity index (χ0v) is 16.0. The number of aromatic nitrogens is 2. The van der Waals surface area contributed by atoms with E-state index in [4.69, 9.17) is 0 Å². The first-order chi connectivity index (χ1) is 15.0. The van der Waals surface area contributed by atoms with Gasteiger partial charge in [0.25, 0.3) is 11.6 Å². The monoisotopic (exact) mass is 413 g/mol. The Bertz CT molecular complexity index is 1320. The molecular formula is C22H15N5O4. The van der Waals surface area contributed by atoms with Crippen LogP contribution in [0.3, 0.4) is 0 Å². The second-order valence-electron chi connectivity index (χ2n) is 6.51. The van der Waals surface area contributed by atoms with Gasteiger partial charge in [0.1, 0.15) is 5.75 Å². The highest BCUT2D eigenvalue weighted by molar-refractivity contribution is 6.07. The Morgan fingerprint density at radius 3 is 2.65 bits per heavy atom. The summed E-state index contributed by atoms with van der Waals surface area (Å²) in [6.07, 6.45) is 4.43. The van der Waals surface area contributed by atoms with Gasteiger partial charge in [-0.15, -0.1) is 0 Å². The minimum Gasteiger partial charge on any atom is -0.507 e. The van der Waals surface area contributed by atoms with E-state index in [-0.39, 0.29) is 17.0 Å². The van der Waals surface area contributed by atoms with Crippen molar-refractivity contribution in [2.75, 3.05) is 0 Å². The van der Waals surface area contributed by atoms with Crippen LogP contribution in [0.2, 0.25) is 0 Å². The van der Waals surface area contributed by atoms with Crippen molar-refractivity contribution in [1.29, 1.82) is 0 Å². The van der Waals surface area contributed by atoms with Crippen molar-refractivity contribution >= 4 is 28.7 Å². The van der Waals surface area contributed by atoms with Crippen LogP contribution in [-0.4, -0.2) is 32.1 Å². The summed E-state index contributed by atoms with van der Waals surface area (Å²) in [6, 6.07) is 16.0. The van der Waals surface area contributed by atoms with Gasteiger partial charge < -0.3 is 5.11 Å². The molecule has 0 bridgehead atoms. The number of phenols is 1. The summed E-state index contributed by atoms with van der Waals surface area (Å²) < 4.78 is 0. The molecular weight excluding hydrogens is 398 g/mol. The van der Waals surface area contributed by atoms with E-state index in [1.807, 2.05) is 6.07 Å². The number of non-ortho nitro benzene ring substituents is 1. The lowest BCUT2D eigenvalue weighted by atomic mass is 10.0. The number of nitro benzene ring substituents is 1. The molecule has 0 radical (unpaired) electrons. The molecule has 0 saturated carbocycles. The minimum atomic E-state index is -0.584. The van der Waals surface area contributed by atoms with E-state index in [0.29, 0.717) is 22.2 Å². The number of hydrogen-bond acceptors (Lipinski definition) is 7. The van der Waals surface area contributed by atoms with E-state index in [1.165, 1.54) is 12.1 Å². The van der Waals surface area contributed by atoms with Crippen LogP contribution in [0.15, 0.2) is 78.2 Å². The molecule has 31 heavy (non-hydrogen) atoms. The van der Waals surface area contributed by atoms with Crippen molar-refractivity contribution in [3.8, 4) is 17.0 Å². The molecule has 0 fully saturated rings. The zero-order chi connectivity index (χ0) is 21.8. The van der Waals surface area contributed by atoms with Crippen molar-refractivity contribution in [2.24, 2.45) is 5.10 Å². The van der Waals surface area contributed by atoms with Crippen LogP contribution in [-0.2, 0) is 0 Å². The third-order valence-corrected chi connectivity index (χ3v) is 4.53. The Labute approximate surface area is 175 Å². The van der Waals surface area contributed by atoms with Gasteiger partial charge in [-0.1, -0.05) is 18.2 Å². The fourth-order valence-electron chi connectivity index (χ4n) is 3.01.